The largest absolute Gasteiger partial charge is 0.380 e. The van der Waals surface area contributed by atoms with Crippen LogP contribution < -0.4 is 5.32 Å². The number of rotatable bonds is 3. The smallest absolute Gasteiger partial charge is 0.152 e. The number of hydrogen-bond donors (Lipinski definition) is 1. The van der Waals surface area contributed by atoms with Gasteiger partial charge in [0.2, 0.25) is 0 Å². The summed E-state index contributed by atoms with van der Waals surface area (Å²) < 4.78 is 23.2. The van der Waals surface area contributed by atoms with Crippen molar-refractivity contribution in [1.29, 1.82) is 0 Å². The van der Waals surface area contributed by atoms with E-state index in [1.807, 2.05) is 12.1 Å². The van der Waals surface area contributed by atoms with E-state index in [1.165, 1.54) is 6.26 Å². The summed E-state index contributed by atoms with van der Waals surface area (Å²) in [5.41, 5.74) is 0.892. The summed E-state index contributed by atoms with van der Waals surface area (Å²) in [5.74, 6) is 0. The molecule has 1 heterocycles. The van der Waals surface area contributed by atoms with Crippen molar-refractivity contribution in [2.24, 2.45) is 0 Å². The van der Waals surface area contributed by atoms with E-state index >= 15 is 0 Å². The van der Waals surface area contributed by atoms with Crippen molar-refractivity contribution >= 4 is 15.5 Å². The average Bonchev–Trinajstić information content (AvgIpc) is 2.67. The molecule has 1 fully saturated rings. The Hall–Kier alpha value is -1.10. The maximum atomic E-state index is 11.6. The summed E-state index contributed by atoms with van der Waals surface area (Å²) >= 11 is 0. The van der Waals surface area contributed by atoms with Gasteiger partial charge < -0.3 is 5.32 Å². The molecule has 1 N–H and O–H groups in total. The van der Waals surface area contributed by atoms with Crippen molar-refractivity contribution in [3.8, 4) is 0 Å². The molecule has 0 radical (unpaired) electrons. The lowest BCUT2D eigenvalue weighted by Crippen LogP contribution is -2.34. The third kappa shape index (κ3) is 2.52. The fourth-order valence-electron chi connectivity index (χ4n) is 2.27. The predicted molar refractivity (Wildman–Crippen MR) is 64.1 cm³/mol. The zero-order chi connectivity index (χ0) is 11.6. The Balaban J connectivity index is 2.11. The van der Waals surface area contributed by atoms with Crippen LogP contribution in [0.2, 0.25) is 0 Å². The Kier molecular flexibility index (Phi) is 3.14. The minimum absolute atomic E-state index is 0.0270. The van der Waals surface area contributed by atoms with E-state index in [-0.39, 0.29) is 11.3 Å². The molecule has 1 aliphatic rings. The molecule has 1 aromatic heterocycles. The number of nitrogens with one attached hydrogen (secondary N) is 1. The highest BCUT2D eigenvalue weighted by Crippen LogP contribution is 2.27. The van der Waals surface area contributed by atoms with Gasteiger partial charge in [-0.2, -0.15) is 0 Å². The Morgan fingerprint density at radius 1 is 1.44 bits per heavy atom. The Labute approximate surface area is 96.0 Å². The standard InChI is InChI=1S/C11H16N2O2S/c1-16(14,15)11-6-2-5-10(11)13-9-4-3-7-12-8-9/h3-4,7-8,10-11,13H,2,5-6H2,1H3. The van der Waals surface area contributed by atoms with Crippen LogP contribution in [0, 0.1) is 0 Å². The predicted octanol–water partition coefficient (Wildman–Crippen LogP) is 1.46. The lowest BCUT2D eigenvalue weighted by molar-refractivity contribution is 0.579. The molecule has 88 valence electrons. The van der Waals surface area contributed by atoms with Crippen LogP contribution in [0.3, 0.4) is 0 Å². The molecule has 2 atom stereocenters. The molecular weight excluding hydrogens is 224 g/mol. The molecule has 4 nitrogen and oxygen atoms in total. The molecule has 0 spiro atoms. The number of hydrogen-bond acceptors (Lipinski definition) is 4. The monoisotopic (exact) mass is 240 g/mol. The van der Waals surface area contributed by atoms with Gasteiger partial charge in [-0.05, 0) is 31.4 Å². The normalized spacial score (nSPS) is 25.6. The van der Waals surface area contributed by atoms with Crippen LogP contribution in [-0.2, 0) is 9.84 Å². The summed E-state index contributed by atoms with van der Waals surface area (Å²) in [6.45, 7) is 0. The van der Waals surface area contributed by atoms with Crippen LogP contribution in [0.4, 0.5) is 5.69 Å². The second-order valence-corrected chi connectivity index (χ2v) is 6.56. The van der Waals surface area contributed by atoms with E-state index in [4.69, 9.17) is 0 Å². The Morgan fingerprint density at radius 3 is 2.88 bits per heavy atom. The number of sulfone groups is 1. The number of pyridine rings is 1. The SMILES string of the molecule is CS(=O)(=O)C1CCCC1Nc1cccnc1. The van der Waals surface area contributed by atoms with E-state index in [1.54, 1.807) is 12.4 Å². The van der Waals surface area contributed by atoms with E-state index in [0.29, 0.717) is 0 Å². The average molecular weight is 240 g/mol. The highest BCUT2D eigenvalue weighted by atomic mass is 32.2. The molecule has 0 bridgehead atoms. The maximum Gasteiger partial charge on any atom is 0.152 e. The molecule has 0 amide bonds. The van der Waals surface area contributed by atoms with Crippen LogP contribution in [0.15, 0.2) is 24.5 Å². The summed E-state index contributed by atoms with van der Waals surface area (Å²) in [7, 11) is -2.95. The van der Waals surface area contributed by atoms with Gasteiger partial charge in [0.15, 0.2) is 9.84 Å². The van der Waals surface area contributed by atoms with Crippen LogP contribution in [0.1, 0.15) is 19.3 Å². The molecule has 1 aliphatic carbocycles. The van der Waals surface area contributed by atoms with Gasteiger partial charge in [-0.15, -0.1) is 0 Å². The van der Waals surface area contributed by atoms with Crippen molar-refractivity contribution < 1.29 is 8.42 Å². The van der Waals surface area contributed by atoms with E-state index in [9.17, 15) is 8.42 Å². The summed E-state index contributed by atoms with van der Waals surface area (Å²) in [4.78, 5) is 4.00. The summed E-state index contributed by atoms with van der Waals surface area (Å²) in [6, 6.07) is 3.77. The first kappa shape index (κ1) is 11.4. The first-order valence-electron chi connectivity index (χ1n) is 5.43. The second kappa shape index (κ2) is 4.41. The molecule has 1 aromatic rings. The van der Waals surface area contributed by atoms with Gasteiger partial charge >= 0.3 is 0 Å². The fourth-order valence-corrected chi connectivity index (χ4v) is 3.66. The molecular formula is C11H16N2O2S. The number of nitrogens with zero attached hydrogens (tertiary/aromatic N) is 1. The summed E-state index contributed by atoms with van der Waals surface area (Å²) in [5, 5.41) is 3.00. The number of aromatic nitrogens is 1. The second-order valence-electron chi connectivity index (χ2n) is 4.29. The quantitative estimate of drug-likeness (QED) is 0.869. The van der Waals surface area contributed by atoms with Crippen molar-refractivity contribution in [3.05, 3.63) is 24.5 Å². The molecule has 16 heavy (non-hydrogen) atoms. The molecule has 0 aliphatic heterocycles. The van der Waals surface area contributed by atoms with Gasteiger partial charge in [-0.25, -0.2) is 8.42 Å². The van der Waals surface area contributed by atoms with Crippen LogP contribution in [0.25, 0.3) is 0 Å². The van der Waals surface area contributed by atoms with Gasteiger partial charge in [0.25, 0.3) is 0 Å². The Morgan fingerprint density at radius 2 is 2.25 bits per heavy atom. The first-order valence-corrected chi connectivity index (χ1v) is 7.38. The van der Waals surface area contributed by atoms with Crippen LogP contribution >= 0.6 is 0 Å². The minimum Gasteiger partial charge on any atom is -0.380 e. The van der Waals surface area contributed by atoms with E-state index in [0.717, 1.165) is 24.9 Å². The Bertz CT molecular complexity index is 444. The zero-order valence-electron chi connectivity index (χ0n) is 9.26. The van der Waals surface area contributed by atoms with Gasteiger partial charge in [0, 0.05) is 24.7 Å². The number of anilines is 1. The van der Waals surface area contributed by atoms with Crippen molar-refractivity contribution in [3.63, 3.8) is 0 Å². The highest BCUT2D eigenvalue weighted by Gasteiger charge is 2.34. The molecule has 0 aromatic carbocycles. The lowest BCUT2D eigenvalue weighted by Gasteiger charge is -2.20. The first-order chi connectivity index (χ1) is 7.57. The third-order valence-corrected chi connectivity index (χ3v) is 4.68. The maximum absolute atomic E-state index is 11.6. The van der Waals surface area contributed by atoms with Crippen molar-refractivity contribution in [2.75, 3.05) is 11.6 Å². The van der Waals surface area contributed by atoms with Crippen LogP contribution in [0.5, 0.6) is 0 Å². The van der Waals surface area contributed by atoms with Gasteiger partial charge in [-0.3, -0.25) is 4.98 Å². The topological polar surface area (TPSA) is 59.1 Å². The van der Waals surface area contributed by atoms with E-state index < -0.39 is 9.84 Å². The third-order valence-electron chi connectivity index (χ3n) is 3.02. The fraction of sp³-hybridized carbons (Fsp3) is 0.545. The lowest BCUT2D eigenvalue weighted by atomic mass is 10.2. The highest BCUT2D eigenvalue weighted by molar-refractivity contribution is 7.91. The molecule has 1 saturated carbocycles. The van der Waals surface area contributed by atoms with Gasteiger partial charge in [-0.1, -0.05) is 0 Å². The molecule has 2 unspecified atom stereocenters. The van der Waals surface area contributed by atoms with Crippen LogP contribution in [-0.4, -0.2) is 30.9 Å². The van der Waals surface area contributed by atoms with E-state index in [2.05, 4.69) is 10.3 Å². The molecule has 0 saturated heterocycles. The molecule has 5 heteroatoms. The van der Waals surface area contributed by atoms with Crippen molar-refractivity contribution in [1.82, 2.24) is 4.98 Å². The molecule has 2 rings (SSSR count). The minimum atomic E-state index is -2.95. The summed E-state index contributed by atoms with van der Waals surface area (Å²) in [6.07, 6.45) is 7.38. The zero-order valence-corrected chi connectivity index (χ0v) is 10.1. The van der Waals surface area contributed by atoms with Gasteiger partial charge in [0.05, 0.1) is 10.9 Å². The van der Waals surface area contributed by atoms with Gasteiger partial charge in [0.1, 0.15) is 0 Å². The van der Waals surface area contributed by atoms with Crippen molar-refractivity contribution in [2.45, 2.75) is 30.6 Å².